The third-order valence-corrected chi connectivity index (χ3v) is 9.43. The Kier molecular flexibility index (Phi) is 7.84. The van der Waals surface area contributed by atoms with Crippen molar-refractivity contribution in [3.8, 4) is 23.0 Å². The topological polar surface area (TPSA) is 139 Å². The van der Waals surface area contributed by atoms with Crippen molar-refractivity contribution < 1.29 is 27.2 Å². The molecule has 0 unspecified atom stereocenters. The van der Waals surface area contributed by atoms with E-state index in [0.29, 0.717) is 35.8 Å². The number of ether oxygens (including phenoxy) is 1. The number of nitriles is 1. The number of hydrogen-bond acceptors (Lipinski definition) is 8. The molecular weight excluding hydrogens is 582 g/mol. The number of rotatable bonds is 7. The number of hydrogen-bond donors (Lipinski definition) is 0. The summed E-state index contributed by atoms with van der Waals surface area (Å²) >= 11 is 0. The normalized spacial score (nSPS) is 17.4. The molecule has 222 valence electrons. The van der Waals surface area contributed by atoms with Crippen molar-refractivity contribution in [3.63, 3.8) is 0 Å². The Morgan fingerprint density at radius 3 is 2.36 bits per heavy atom. The number of carbonyl (C=O) groups is 2. The van der Waals surface area contributed by atoms with Crippen molar-refractivity contribution in [1.29, 1.82) is 5.26 Å². The Labute approximate surface area is 253 Å². The smallest absolute Gasteiger partial charge is 0.272 e. The lowest BCUT2D eigenvalue weighted by molar-refractivity contribution is -0.141. The number of furan rings is 1. The maximum Gasteiger partial charge on any atom is 0.272 e. The van der Waals surface area contributed by atoms with Gasteiger partial charge in [-0.1, -0.05) is 30.3 Å². The highest BCUT2D eigenvalue weighted by atomic mass is 32.2. The molecule has 0 bridgehead atoms. The van der Waals surface area contributed by atoms with Gasteiger partial charge in [0.05, 0.1) is 42.3 Å². The van der Waals surface area contributed by atoms with Crippen LogP contribution in [-0.4, -0.2) is 65.5 Å². The van der Waals surface area contributed by atoms with Crippen LogP contribution in [0.1, 0.15) is 18.2 Å². The minimum absolute atomic E-state index is 0.129. The zero-order chi connectivity index (χ0) is 30.8. The van der Waals surface area contributed by atoms with E-state index in [2.05, 4.69) is 0 Å². The summed E-state index contributed by atoms with van der Waals surface area (Å²) in [5.41, 5.74) is 2.66. The van der Waals surface area contributed by atoms with Crippen LogP contribution in [0.4, 0.5) is 0 Å². The van der Waals surface area contributed by atoms with Gasteiger partial charge in [-0.15, -0.1) is 0 Å². The zero-order valence-electron chi connectivity index (χ0n) is 23.7. The average molecular weight is 610 g/mol. The van der Waals surface area contributed by atoms with Gasteiger partial charge in [-0.2, -0.15) is 14.7 Å². The fourth-order valence-corrected chi connectivity index (χ4v) is 6.55. The third kappa shape index (κ3) is 5.40. The SMILES string of the molecule is CC1=C(C#N)C(=O)N(Cc2ccco2)C(=O)/C1=C/c1cn(-c2ccccc2)nc1-c1ccc(S(=O)(=O)N2CCOCC2)cc1. The van der Waals surface area contributed by atoms with Crippen molar-refractivity contribution in [3.05, 3.63) is 107 Å². The quantitative estimate of drug-likeness (QED) is 0.227. The number of sulfonamides is 1. The lowest BCUT2D eigenvalue weighted by atomic mass is 9.93. The standard InChI is InChI=1S/C32H27N5O6S/c1-22-28(31(38)36(32(39)29(22)19-33)21-26-8-5-15-43-26)18-24-20-37(25-6-3-2-4-7-25)34-30(24)23-9-11-27(12-10-23)44(40,41)35-13-16-42-17-14-35/h2-12,15,18,20H,13-14,16-17,21H2,1H3/b28-18+. The van der Waals surface area contributed by atoms with Crippen LogP contribution in [0.3, 0.4) is 0 Å². The van der Waals surface area contributed by atoms with Crippen LogP contribution in [0.15, 0.2) is 105 Å². The molecule has 1 saturated heterocycles. The second kappa shape index (κ2) is 11.9. The summed E-state index contributed by atoms with van der Waals surface area (Å²) in [5, 5.41) is 14.6. The zero-order valence-corrected chi connectivity index (χ0v) is 24.5. The summed E-state index contributed by atoms with van der Waals surface area (Å²) in [6.45, 7) is 2.70. The molecule has 0 spiro atoms. The predicted octanol–water partition coefficient (Wildman–Crippen LogP) is 3.95. The van der Waals surface area contributed by atoms with Crippen LogP contribution in [-0.2, 0) is 30.9 Å². The Morgan fingerprint density at radius 2 is 1.70 bits per heavy atom. The van der Waals surface area contributed by atoms with E-state index < -0.39 is 21.8 Å². The summed E-state index contributed by atoms with van der Waals surface area (Å²) in [6, 6.07) is 21.0. The maximum absolute atomic E-state index is 13.7. The Balaban J connectivity index is 1.44. The minimum atomic E-state index is -3.70. The number of aromatic nitrogens is 2. The molecule has 2 aliphatic heterocycles. The number of para-hydroxylation sites is 1. The summed E-state index contributed by atoms with van der Waals surface area (Å²) < 4.78 is 40.1. The van der Waals surface area contributed by atoms with Gasteiger partial charge in [0.2, 0.25) is 10.0 Å². The first-order chi connectivity index (χ1) is 21.3. The Morgan fingerprint density at radius 1 is 0.977 bits per heavy atom. The molecule has 11 nitrogen and oxygen atoms in total. The number of amides is 2. The lowest BCUT2D eigenvalue weighted by Gasteiger charge is -2.26. The first-order valence-electron chi connectivity index (χ1n) is 13.8. The van der Waals surface area contributed by atoms with Crippen molar-refractivity contribution in [1.82, 2.24) is 19.0 Å². The molecule has 12 heteroatoms. The van der Waals surface area contributed by atoms with E-state index in [9.17, 15) is 23.3 Å². The van der Waals surface area contributed by atoms with Gasteiger partial charge in [-0.3, -0.25) is 14.5 Å². The van der Waals surface area contributed by atoms with Crippen LogP contribution >= 0.6 is 0 Å². The summed E-state index contributed by atoms with van der Waals surface area (Å²) in [4.78, 5) is 27.9. The highest BCUT2D eigenvalue weighted by molar-refractivity contribution is 7.89. The molecule has 0 aliphatic carbocycles. The number of imide groups is 1. The molecule has 0 radical (unpaired) electrons. The first-order valence-corrected chi connectivity index (χ1v) is 15.3. The first kappa shape index (κ1) is 29.0. The van der Waals surface area contributed by atoms with Gasteiger partial charge in [0.25, 0.3) is 11.8 Å². The number of carbonyl (C=O) groups excluding carboxylic acids is 2. The fraction of sp³-hybridized carbons (Fsp3) is 0.188. The molecule has 0 saturated carbocycles. The lowest BCUT2D eigenvalue weighted by Crippen LogP contribution is -2.42. The molecule has 2 amide bonds. The highest BCUT2D eigenvalue weighted by Crippen LogP contribution is 2.32. The molecule has 2 aromatic carbocycles. The Bertz CT molecular complexity index is 1930. The summed E-state index contributed by atoms with van der Waals surface area (Å²) in [5.74, 6) is -0.873. The third-order valence-electron chi connectivity index (χ3n) is 7.52. The van der Waals surface area contributed by atoms with E-state index in [1.54, 1.807) is 48.1 Å². The predicted molar refractivity (Wildman–Crippen MR) is 159 cm³/mol. The molecular formula is C32H27N5O6S. The highest BCUT2D eigenvalue weighted by Gasteiger charge is 2.36. The Hall–Kier alpha value is -5.09. The van der Waals surface area contributed by atoms with Crippen molar-refractivity contribution in [2.45, 2.75) is 18.4 Å². The molecule has 2 aliphatic rings. The van der Waals surface area contributed by atoms with Crippen molar-refractivity contribution in [2.24, 2.45) is 0 Å². The molecule has 44 heavy (non-hydrogen) atoms. The molecule has 2 aromatic heterocycles. The van der Waals surface area contributed by atoms with E-state index in [1.807, 2.05) is 36.4 Å². The maximum atomic E-state index is 13.7. The molecule has 0 N–H and O–H groups in total. The van der Waals surface area contributed by atoms with E-state index in [0.717, 1.165) is 10.6 Å². The number of morpholine rings is 1. The van der Waals surface area contributed by atoms with E-state index >= 15 is 0 Å². The van der Waals surface area contributed by atoms with Gasteiger partial charge in [-0.05, 0) is 55.0 Å². The van der Waals surface area contributed by atoms with Gasteiger partial charge in [0.15, 0.2) is 0 Å². The fourth-order valence-electron chi connectivity index (χ4n) is 5.14. The van der Waals surface area contributed by atoms with Crippen molar-refractivity contribution >= 4 is 27.9 Å². The molecule has 4 heterocycles. The van der Waals surface area contributed by atoms with Crippen molar-refractivity contribution in [2.75, 3.05) is 26.3 Å². The van der Waals surface area contributed by atoms with Gasteiger partial charge in [0, 0.05) is 36.0 Å². The second-order valence-electron chi connectivity index (χ2n) is 10.2. The molecule has 1 fully saturated rings. The van der Waals surface area contributed by atoms with Gasteiger partial charge in [0.1, 0.15) is 17.4 Å². The molecule has 0 atom stereocenters. The molecule has 6 rings (SSSR count). The van der Waals surface area contributed by atoms with E-state index in [1.165, 1.54) is 22.7 Å². The van der Waals surface area contributed by atoms with Gasteiger partial charge < -0.3 is 9.15 Å². The van der Waals surface area contributed by atoms with Crippen LogP contribution in [0.2, 0.25) is 0 Å². The van der Waals surface area contributed by atoms with E-state index in [4.69, 9.17) is 14.3 Å². The average Bonchev–Trinajstić information content (AvgIpc) is 3.73. The minimum Gasteiger partial charge on any atom is -0.467 e. The summed E-state index contributed by atoms with van der Waals surface area (Å²) in [6.07, 6.45) is 4.80. The van der Waals surface area contributed by atoms with Gasteiger partial charge >= 0.3 is 0 Å². The largest absolute Gasteiger partial charge is 0.467 e. The summed E-state index contributed by atoms with van der Waals surface area (Å²) in [7, 11) is -3.70. The van der Waals surface area contributed by atoms with Crippen LogP contribution < -0.4 is 0 Å². The number of benzene rings is 2. The van der Waals surface area contributed by atoms with Gasteiger partial charge in [-0.25, -0.2) is 13.1 Å². The van der Waals surface area contributed by atoms with Crippen LogP contribution in [0.25, 0.3) is 23.0 Å². The molecule has 4 aromatic rings. The second-order valence-corrected chi connectivity index (χ2v) is 12.1. The number of nitrogens with zero attached hydrogens (tertiary/aromatic N) is 5. The van der Waals surface area contributed by atoms with E-state index in [-0.39, 0.29) is 41.2 Å². The van der Waals surface area contributed by atoms with Crippen LogP contribution in [0.5, 0.6) is 0 Å². The van der Waals surface area contributed by atoms with Crippen LogP contribution in [0, 0.1) is 11.3 Å². The monoisotopic (exact) mass is 609 g/mol.